The van der Waals surface area contributed by atoms with Gasteiger partial charge in [0, 0.05) is 57.0 Å². The van der Waals surface area contributed by atoms with Crippen LogP contribution in [0.5, 0.6) is 0 Å². The highest BCUT2D eigenvalue weighted by molar-refractivity contribution is 5.83. The van der Waals surface area contributed by atoms with Crippen LogP contribution in [0.4, 0.5) is 17.5 Å². The fourth-order valence-electron chi connectivity index (χ4n) is 4.47. The number of pyridine rings is 1. The molecule has 1 fully saturated rings. The summed E-state index contributed by atoms with van der Waals surface area (Å²) >= 11 is 0. The highest BCUT2D eigenvalue weighted by atomic mass is 15.3. The molecule has 9 nitrogen and oxygen atoms in total. The van der Waals surface area contributed by atoms with Crippen LogP contribution in [0.1, 0.15) is 5.69 Å². The number of nitrogens with one attached hydrogen (secondary N) is 1. The van der Waals surface area contributed by atoms with E-state index in [1.54, 1.807) is 0 Å². The molecule has 0 aromatic carbocycles. The van der Waals surface area contributed by atoms with Crippen LogP contribution in [0.25, 0.3) is 22.6 Å². The van der Waals surface area contributed by atoms with Gasteiger partial charge in [-0.25, -0.2) is 15.0 Å². The van der Waals surface area contributed by atoms with Crippen LogP contribution in [0.15, 0.2) is 36.8 Å². The van der Waals surface area contributed by atoms with Crippen molar-refractivity contribution in [3.8, 4) is 11.5 Å². The molecule has 158 valence electrons. The predicted octanol–water partition coefficient (Wildman–Crippen LogP) is 2.51. The van der Waals surface area contributed by atoms with Crippen LogP contribution >= 0.6 is 0 Å². The van der Waals surface area contributed by atoms with Crippen molar-refractivity contribution in [1.82, 2.24) is 34.0 Å². The minimum absolute atomic E-state index is 0.554. The number of anilines is 3. The van der Waals surface area contributed by atoms with Crippen molar-refractivity contribution in [3.63, 3.8) is 0 Å². The van der Waals surface area contributed by atoms with Gasteiger partial charge < -0.3 is 24.3 Å². The van der Waals surface area contributed by atoms with Crippen LogP contribution in [-0.2, 0) is 13.1 Å². The lowest BCUT2D eigenvalue weighted by atomic mass is 10.3. The van der Waals surface area contributed by atoms with Crippen molar-refractivity contribution in [2.45, 2.75) is 20.0 Å². The lowest BCUT2D eigenvalue weighted by Crippen LogP contribution is -2.44. The maximum Gasteiger partial charge on any atom is 0.230 e. The van der Waals surface area contributed by atoms with Gasteiger partial charge in [0.25, 0.3) is 0 Å². The third-order valence-electron chi connectivity index (χ3n) is 6.18. The zero-order valence-electron chi connectivity index (χ0n) is 17.8. The zero-order chi connectivity index (χ0) is 20.9. The van der Waals surface area contributed by atoms with Gasteiger partial charge in [0.1, 0.15) is 11.5 Å². The number of likely N-dealkylation sites (N-methyl/N-ethyl adjacent to an activating group) is 1. The Hall–Kier alpha value is -3.46. The second kappa shape index (κ2) is 7.05. The van der Waals surface area contributed by atoms with E-state index in [4.69, 9.17) is 9.97 Å². The van der Waals surface area contributed by atoms with Gasteiger partial charge in [0.2, 0.25) is 5.95 Å². The number of nitrogens with zero attached hydrogens (tertiary/aromatic N) is 8. The topological polar surface area (TPSA) is 79.9 Å². The van der Waals surface area contributed by atoms with Crippen LogP contribution in [0.2, 0.25) is 0 Å². The molecule has 0 saturated carbocycles. The van der Waals surface area contributed by atoms with E-state index in [1.807, 2.05) is 25.4 Å². The number of hydrogen-bond donors (Lipinski definition) is 1. The molecule has 0 atom stereocenters. The van der Waals surface area contributed by atoms with Crippen molar-refractivity contribution < 1.29 is 0 Å². The Bertz CT molecular complexity index is 1250. The molecule has 0 spiro atoms. The van der Waals surface area contributed by atoms with Gasteiger partial charge in [-0.1, -0.05) is 0 Å². The first kappa shape index (κ1) is 18.3. The highest BCUT2D eigenvalue weighted by Crippen LogP contribution is 2.30. The number of aryl methyl sites for hydroxylation is 3. The molecule has 4 aromatic rings. The van der Waals surface area contributed by atoms with Gasteiger partial charge in [-0.05, 0) is 32.2 Å². The Morgan fingerprint density at radius 2 is 1.81 bits per heavy atom. The average molecular weight is 416 g/mol. The van der Waals surface area contributed by atoms with E-state index in [1.165, 1.54) is 0 Å². The molecular formula is C22H25N9. The van der Waals surface area contributed by atoms with E-state index in [2.05, 4.69) is 59.6 Å². The monoisotopic (exact) mass is 415 g/mol. The predicted molar refractivity (Wildman–Crippen MR) is 121 cm³/mol. The van der Waals surface area contributed by atoms with E-state index in [0.717, 1.165) is 79.0 Å². The first-order valence-corrected chi connectivity index (χ1v) is 10.7. The van der Waals surface area contributed by atoms with E-state index >= 15 is 0 Å². The van der Waals surface area contributed by atoms with E-state index in [0.29, 0.717) is 5.95 Å². The Labute approximate surface area is 180 Å². The Balaban J connectivity index is 1.25. The second-order valence-corrected chi connectivity index (χ2v) is 8.37. The lowest BCUT2D eigenvalue weighted by Gasteiger charge is -2.33. The standard InChI is InChI=1S/C22H25N9/c1-15-14-30-9-10-31-18(21(30)25-15)11-16-12-24-22(27-20(16)31)26-19-4-3-17(13-23-19)29-7-5-28(2)6-8-29/h3-4,11-14H,5-10H2,1-2H3,(H,23,24,26,27). The van der Waals surface area contributed by atoms with Gasteiger partial charge >= 0.3 is 0 Å². The van der Waals surface area contributed by atoms with E-state index < -0.39 is 0 Å². The highest BCUT2D eigenvalue weighted by Gasteiger charge is 2.22. The lowest BCUT2D eigenvalue weighted by molar-refractivity contribution is 0.313. The quantitative estimate of drug-likeness (QED) is 0.551. The summed E-state index contributed by atoms with van der Waals surface area (Å²) in [6, 6.07) is 6.23. The Morgan fingerprint density at radius 3 is 2.61 bits per heavy atom. The second-order valence-electron chi connectivity index (χ2n) is 8.37. The molecule has 9 heteroatoms. The van der Waals surface area contributed by atoms with Crippen molar-refractivity contribution in [1.29, 1.82) is 0 Å². The van der Waals surface area contributed by atoms with Crippen molar-refractivity contribution >= 4 is 28.5 Å². The summed E-state index contributed by atoms with van der Waals surface area (Å²) < 4.78 is 4.44. The SMILES string of the molecule is Cc1cn2c(n1)-c1cc3cnc(Nc4ccc(N5CCN(C)CC5)cn4)nc3n1CC2. The smallest absolute Gasteiger partial charge is 0.230 e. The first-order valence-electron chi connectivity index (χ1n) is 10.7. The summed E-state index contributed by atoms with van der Waals surface area (Å²) in [5, 5.41) is 4.28. The van der Waals surface area contributed by atoms with Crippen LogP contribution in [0, 0.1) is 6.92 Å². The number of imidazole rings is 1. The van der Waals surface area contributed by atoms with Crippen LogP contribution < -0.4 is 10.2 Å². The molecule has 6 rings (SSSR count). The number of rotatable bonds is 3. The first-order chi connectivity index (χ1) is 15.1. The molecular weight excluding hydrogens is 390 g/mol. The molecule has 31 heavy (non-hydrogen) atoms. The normalized spacial score (nSPS) is 16.4. The summed E-state index contributed by atoms with van der Waals surface area (Å²) in [4.78, 5) is 23.3. The van der Waals surface area contributed by atoms with Gasteiger partial charge in [-0.15, -0.1) is 0 Å². The maximum absolute atomic E-state index is 4.79. The number of fused-ring (bicyclic) bond motifs is 5. The Morgan fingerprint density at radius 1 is 0.935 bits per heavy atom. The number of piperazine rings is 1. The molecule has 2 aliphatic heterocycles. The molecule has 0 unspecified atom stereocenters. The molecule has 6 heterocycles. The molecule has 0 amide bonds. The van der Waals surface area contributed by atoms with Crippen LogP contribution in [0.3, 0.4) is 0 Å². The number of hydrogen-bond acceptors (Lipinski definition) is 7. The summed E-state index contributed by atoms with van der Waals surface area (Å²) in [5.41, 5.74) is 4.21. The minimum Gasteiger partial charge on any atom is -0.368 e. The third kappa shape index (κ3) is 3.21. The fourth-order valence-corrected chi connectivity index (χ4v) is 4.47. The van der Waals surface area contributed by atoms with Crippen molar-refractivity contribution in [2.75, 3.05) is 43.4 Å². The molecule has 0 bridgehead atoms. The van der Waals surface area contributed by atoms with E-state index in [-0.39, 0.29) is 0 Å². The fraction of sp³-hybridized carbons (Fsp3) is 0.364. The molecule has 2 aliphatic rings. The Kier molecular flexibility index (Phi) is 4.17. The van der Waals surface area contributed by atoms with Gasteiger partial charge in [-0.2, -0.15) is 4.98 Å². The maximum atomic E-state index is 4.79. The van der Waals surface area contributed by atoms with Gasteiger partial charge in [0.05, 0.1) is 23.3 Å². The molecule has 0 radical (unpaired) electrons. The third-order valence-corrected chi connectivity index (χ3v) is 6.18. The van der Waals surface area contributed by atoms with Gasteiger partial charge in [0.15, 0.2) is 5.82 Å². The molecule has 4 aromatic heterocycles. The summed E-state index contributed by atoms with van der Waals surface area (Å²) in [5.74, 6) is 2.30. The van der Waals surface area contributed by atoms with E-state index in [9.17, 15) is 0 Å². The summed E-state index contributed by atoms with van der Waals surface area (Å²) in [6.07, 6.45) is 5.90. The van der Waals surface area contributed by atoms with Gasteiger partial charge in [-0.3, -0.25) is 0 Å². The number of aromatic nitrogens is 6. The summed E-state index contributed by atoms with van der Waals surface area (Å²) in [6.45, 7) is 8.02. The molecule has 1 saturated heterocycles. The largest absolute Gasteiger partial charge is 0.368 e. The zero-order valence-corrected chi connectivity index (χ0v) is 17.8. The van der Waals surface area contributed by atoms with Crippen LogP contribution in [-0.4, -0.2) is 67.2 Å². The molecule has 1 N–H and O–H groups in total. The van der Waals surface area contributed by atoms with Crippen molar-refractivity contribution in [2.24, 2.45) is 0 Å². The summed E-state index contributed by atoms with van der Waals surface area (Å²) in [7, 11) is 2.16. The van der Waals surface area contributed by atoms with Crippen molar-refractivity contribution in [3.05, 3.63) is 42.5 Å². The molecule has 0 aliphatic carbocycles. The average Bonchev–Trinajstić information content (AvgIpc) is 3.34. The minimum atomic E-state index is 0.554.